The molecule has 0 spiro atoms. The lowest BCUT2D eigenvalue weighted by atomic mass is 9.93. The Morgan fingerprint density at radius 1 is 1.13 bits per heavy atom. The van der Waals surface area contributed by atoms with Crippen molar-refractivity contribution in [3.8, 4) is 0 Å². The maximum Gasteiger partial charge on any atom is 0.256 e. The van der Waals surface area contributed by atoms with Crippen molar-refractivity contribution in [3.05, 3.63) is 87.4 Å². The van der Waals surface area contributed by atoms with Crippen LogP contribution in [0.15, 0.2) is 47.5 Å². The van der Waals surface area contributed by atoms with E-state index < -0.39 is 29.1 Å². The lowest BCUT2D eigenvalue weighted by Gasteiger charge is -2.34. The summed E-state index contributed by atoms with van der Waals surface area (Å²) in [6.07, 6.45) is 3.18. The number of likely N-dealkylation sites (N-methyl/N-ethyl adjacent to an activating group) is 1. The highest BCUT2D eigenvalue weighted by Gasteiger charge is 2.31. The number of rotatable bonds is 2. The molecule has 2 N–H and O–H groups in total. The molecule has 1 aromatic carbocycles. The topological polar surface area (TPSA) is 69.6 Å². The van der Waals surface area contributed by atoms with Crippen LogP contribution in [-0.2, 0) is 6.54 Å². The van der Waals surface area contributed by atoms with Crippen molar-refractivity contribution in [2.45, 2.75) is 12.6 Å². The molecule has 0 aliphatic carbocycles. The van der Waals surface area contributed by atoms with Crippen molar-refractivity contribution in [2.24, 2.45) is 0 Å². The molecule has 0 saturated carbocycles. The van der Waals surface area contributed by atoms with Crippen LogP contribution in [0.1, 0.15) is 27.7 Å². The lowest BCUT2D eigenvalue weighted by Crippen LogP contribution is -2.42. The number of hydrogen-bond acceptors (Lipinski definition) is 3. The van der Waals surface area contributed by atoms with Gasteiger partial charge in [0.15, 0.2) is 11.6 Å². The molecule has 4 aromatic rings. The lowest BCUT2D eigenvalue weighted by molar-refractivity contribution is 0.0723. The number of amides is 1. The predicted molar refractivity (Wildman–Crippen MR) is 108 cm³/mol. The highest BCUT2D eigenvalue weighted by atomic mass is 19.2. The maximum absolute atomic E-state index is 14.0. The predicted octanol–water partition coefficient (Wildman–Crippen LogP) is 3.11. The summed E-state index contributed by atoms with van der Waals surface area (Å²) in [5.74, 6) is -3.00. The minimum Gasteiger partial charge on any atom is -0.333 e. The largest absolute Gasteiger partial charge is 0.333 e. The van der Waals surface area contributed by atoms with Gasteiger partial charge in [-0.05, 0) is 35.7 Å². The number of nitrogens with zero attached hydrogens (tertiary/aromatic N) is 2. The monoisotopic (exact) mass is 426 g/mol. The van der Waals surface area contributed by atoms with Crippen LogP contribution in [0.3, 0.4) is 0 Å². The molecule has 1 atom stereocenters. The average Bonchev–Trinajstić information content (AvgIpc) is 3.19. The van der Waals surface area contributed by atoms with Crippen LogP contribution in [0.2, 0.25) is 0 Å². The van der Waals surface area contributed by atoms with Crippen molar-refractivity contribution in [1.82, 2.24) is 19.6 Å². The third kappa shape index (κ3) is 3.00. The number of carbonyl (C=O) groups is 1. The van der Waals surface area contributed by atoms with Gasteiger partial charge in [-0.1, -0.05) is 0 Å². The Labute approximate surface area is 173 Å². The first-order chi connectivity index (χ1) is 14.8. The van der Waals surface area contributed by atoms with Crippen LogP contribution in [0, 0.1) is 17.5 Å². The number of pyridine rings is 2. The second kappa shape index (κ2) is 6.98. The van der Waals surface area contributed by atoms with Gasteiger partial charge in [-0.2, -0.15) is 0 Å². The van der Waals surface area contributed by atoms with Crippen molar-refractivity contribution in [3.63, 3.8) is 0 Å². The van der Waals surface area contributed by atoms with Gasteiger partial charge >= 0.3 is 0 Å². The summed E-state index contributed by atoms with van der Waals surface area (Å²) in [7, 11) is 1.58. The molecular formula is C22H17F3N4O2. The molecule has 1 aliphatic rings. The Balaban J connectivity index is 1.62. The molecule has 5 rings (SSSR count). The highest BCUT2D eigenvalue weighted by molar-refractivity contribution is 5.96. The fraction of sp³-hybridized carbons (Fsp3) is 0.182. The second-order valence-electron chi connectivity index (χ2n) is 7.60. The molecule has 0 saturated heterocycles. The molecule has 4 heterocycles. The number of fused-ring (bicyclic) bond motifs is 4. The van der Waals surface area contributed by atoms with E-state index in [-0.39, 0.29) is 27.8 Å². The molecule has 0 radical (unpaired) electrons. The zero-order valence-electron chi connectivity index (χ0n) is 16.4. The quantitative estimate of drug-likeness (QED) is 0.518. The van der Waals surface area contributed by atoms with Gasteiger partial charge in [0.05, 0.1) is 22.5 Å². The SMILES string of the molecule is CN(C(=O)c1cc2c(F)cccn2c1)[C@H]1CNCc2[nH]c(=O)c3cc(F)c(F)cc3c21. The number of carbonyl (C=O) groups excluding carboxylic acids is 1. The van der Waals surface area contributed by atoms with Gasteiger partial charge in [-0.3, -0.25) is 9.59 Å². The first kappa shape index (κ1) is 19.4. The number of aromatic nitrogens is 2. The number of nitrogens with one attached hydrogen (secondary N) is 2. The Kier molecular flexibility index (Phi) is 4.37. The van der Waals surface area contributed by atoms with Crippen LogP contribution in [0.25, 0.3) is 16.3 Å². The smallest absolute Gasteiger partial charge is 0.256 e. The molecule has 6 nitrogen and oxygen atoms in total. The van der Waals surface area contributed by atoms with Crippen molar-refractivity contribution >= 4 is 22.2 Å². The van der Waals surface area contributed by atoms with Crippen LogP contribution in [-0.4, -0.2) is 33.8 Å². The third-order valence-corrected chi connectivity index (χ3v) is 5.77. The fourth-order valence-corrected chi connectivity index (χ4v) is 4.24. The van der Waals surface area contributed by atoms with Gasteiger partial charge in [0, 0.05) is 43.8 Å². The molecule has 0 fully saturated rings. The molecule has 158 valence electrons. The van der Waals surface area contributed by atoms with E-state index in [2.05, 4.69) is 10.3 Å². The number of halogens is 3. The molecular weight excluding hydrogens is 409 g/mol. The molecule has 1 aliphatic heterocycles. The zero-order chi connectivity index (χ0) is 21.9. The Morgan fingerprint density at radius 3 is 2.61 bits per heavy atom. The van der Waals surface area contributed by atoms with Crippen LogP contribution < -0.4 is 10.9 Å². The van der Waals surface area contributed by atoms with E-state index in [1.165, 1.54) is 33.7 Å². The minimum atomic E-state index is -1.12. The number of hydrogen-bond donors (Lipinski definition) is 2. The average molecular weight is 426 g/mol. The van der Waals surface area contributed by atoms with E-state index in [4.69, 9.17) is 0 Å². The van der Waals surface area contributed by atoms with E-state index >= 15 is 0 Å². The summed E-state index contributed by atoms with van der Waals surface area (Å²) in [5, 5.41) is 3.41. The van der Waals surface area contributed by atoms with Gasteiger partial charge in [-0.15, -0.1) is 0 Å². The van der Waals surface area contributed by atoms with Gasteiger partial charge in [0.2, 0.25) is 0 Å². The van der Waals surface area contributed by atoms with Crippen LogP contribution >= 0.6 is 0 Å². The minimum absolute atomic E-state index is 0.0158. The normalized spacial score (nSPS) is 15.9. The standard InChI is InChI=1S/C22H17F3N4O2/c1-28(22(31)11-5-18-14(23)3-2-4-29(18)10-11)19-9-26-8-17-20(19)12-6-15(24)16(25)7-13(12)21(30)27-17/h2-7,10,19,26H,8-9H2,1H3,(H,27,30)/t19-/m0/s1. The molecule has 9 heteroatoms. The molecule has 31 heavy (non-hydrogen) atoms. The summed E-state index contributed by atoms with van der Waals surface area (Å²) in [5.41, 5.74) is 1.09. The molecule has 0 bridgehead atoms. The Morgan fingerprint density at radius 2 is 1.87 bits per heavy atom. The molecule has 3 aromatic heterocycles. The van der Waals surface area contributed by atoms with Crippen LogP contribution in [0.5, 0.6) is 0 Å². The van der Waals surface area contributed by atoms with E-state index in [0.29, 0.717) is 24.3 Å². The fourth-order valence-electron chi connectivity index (χ4n) is 4.24. The Hall–Kier alpha value is -3.59. The third-order valence-electron chi connectivity index (χ3n) is 5.77. The summed E-state index contributed by atoms with van der Waals surface area (Å²) >= 11 is 0. The van der Waals surface area contributed by atoms with E-state index in [9.17, 15) is 22.8 Å². The van der Waals surface area contributed by atoms with Gasteiger partial charge in [0.25, 0.3) is 11.5 Å². The Bertz CT molecular complexity index is 1430. The first-order valence-electron chi connectivity index (χ1n) is 9.63. The summed E-state index contributed by atoms with van der Waals surface area (Å²) in [6.45, 7) is 0.663. The van der Waals surface area contributed by atoms with Crippen LogP contribution in [0.4, 0.5) is 13.2 Å². The summed E-state index contributed by atoms with van der Waals surface area (Å²) in [4.78, 5) is 29.8. The summed E-state index contributed by atoms with van der Waals surface area (Å²) in [6, 6.07) is 5.62. The maximum atomic E-state index is 14.0. The van der Waals surface area contributed by atoms with Gasteiger partial charge in [0.1, 0.15) is 5.82 Å². The van der Waals surface area contributed by atoms with Crippen molar-refractivity contribution in [1.29, 1.82) is 0 Å². The number of H-pyrrole nitrogens is 1. The van der Waals surface area contributed by atoms with Crippen molar-refractivity contribution < 1.29 is 18.0 Å². The number of benzene rings is 1. The molecule has 0 unspecified atom stereocenters. The van der Waals surface area contributed by atoms with Crippen molar-refractivity contribution in [2.75, 3.05) is 13.6 Å². The zero-order valence-corrected chi connectivity index (χ0v) is 16.4. The van der Waals surface area contributed by atoms with Gasteiger partial charge in [-0.25, -0.2) is 13.2 Å². The highest BCUT2D eigenvalue weighted by Crippen LogP contribution is 2.32. The van der Waals surface area contributed by atoms with E-state index in [1.807, 2.05) is 0 Å². The van der Waals surface area contributed by atoms with E-state index in [1.54, 1.807) is 13.2 Å². The molecule has 1 amide bonds. The summed E-state index contributed by atoms with van der Waals surface area (Å²) < 4.78 is 43.4. The number of aromatic amines is 1. The second-order valence-corrected chi connectivity index (χ2v) is 7.60. The van der Waals surface area contributed by atoms with E-state index in [0.717, 1.165) is 12.1 Å². The first-order valence-corrected chi connectivity index (χ1v) is 9.63. The van der Waals surface area contributed by atoms with Gasteiger partial charge < -0.3 is 19.6 Å².